The van der Waals surface area contributed by atoms with Gasteiger partial charge in [-0.3, -0.25) is 19.3 Å². The van der Waals surface area contributed by atoms with E-state index in [-0.39, 0.29) is 0 Å². The minimum absolute atomic E-state index is 0.419. The largest absolute Gasteiger partial charge is 0.353 e. The van der Waals surface area contributed by atoms with Gasteiger partial charge in [0, 0.05) is 26.2 Å². The van der Waals surface area contributed by atoms with Crippen LogP contribution in [-0.2, 0) is 14.4 Å². The molecule has 0 spiro atoms. The fraction of sp³-hybridized carbons (Fsp3) is 0.733. The molecule has 1 aliphatic heterocycles. The van der Waals surface area contributed by atoms with Gasteiger partial charge >= 0.3 is 17.8 Å². The average Bonchev–Trinajstić information content (AvgIpc) is 2.77. The number of likely N-dealkylation sites (N-methyl/N-ethyl adjacent to an activating group) is 1. The third kappa shape index (κ3) is 4.51. The first-order valence-corrected chi connectivity index (χ1v) is 8.14. The highest BCUT2D eigenvalue weighted by atomic mass is 16.2. The fourth-order valence-corrected chi connectivity index (χ4v) is 2.91. The molecule has 1 heterocycles. The van der Waals surface area contributed by atoms with Crippen molar-refractivity contribution in [2.75, 3.05) is 26.7 Å². The topological polar surface area (TPSA) is 98.8 Å². The maximum absolute atomic E-state index is 11.8. The Morgan fingerprint density at radius 2 is 1.70 bits per heavy atom. The van der Waals surface area contributed by atoms with Gasteiger partial charge in [-0.1, -0.05) is 25.7 Å². The minimum atomic E-state index is -0.954. The molecule has 2 aliphatic rings. The molecular formula is C15H24N4O4. The molecule has 2 fully saturated rings. The van der Waals surface area contributed by atoms with Gasteiger partial charge in [0.25, 0.3) is 0 Å². The summed E-state index contributed by atoms with van der Waals surface area (Å²) in [5.74, 6) is -2.31. The summed E-state index contributed by atoms with van der Waals surface area (Å²) in [4.78, 5) is 47.7. The number of nitrogens with zero attached hydrogens (tertiary/aromatic N) is 2. The van der Waals surface area contributed by atoms with E-state index in [4.69, 9.17) is 0 Å². The van der Waals surface area contributed by atoms with Crippen LogP contribution >= 0.6 is 0 Å². The van der Waals surface area contributed by atoms with Gasteiger partial charge in [0.15, 0.2) is 0 Å². The molecule has 8 nitrogen and oxygen atoms in total. The zero-order valence-electron chi connectivity index (χ0n) is 13.5. The summed E-state index contributed by atoms with van der Waals surface area (Å²) < 4.78 is 0. The van der Waals surface area contributed by atoms with E-state index < -0.39 is 30.3 Å². The number of nitrogens with one attached hydrogen (secondary N) is 2. The lowest BCUT2D eigenvalue weighted by atomic mass is 10.1. The summed E-state index contributed by atoms with van der Waals surface area (Å²) >= 11 is 0. The zero-order valence-corrected chi connectivity index (χ0v) is 13.5. The summed E-state index contributed by atoms with van der Waals surface area (Å²) in [7, 11) is 1.22. The Balaban J connectivity index is 1.66. The second-order valence-corrected chi connectivity index (χ2v) is 6.03. The van der Waals surface area contributed by atoms with Crippen molar-refractivity contribution in [3.05, 3.63) is 0 Å². The van der Waals surface area contributed by atoms with Crippen LogP contribution in [-0.4, -0.2) is 66.3 Å². The fourth-order valence-electron chi connectivity index (χ4n) is 2.91. The van der Waals surface area contributed by atoms with E-state index in [9.17, 15) is 19.2 Å². The summed E-state index contributed by atoms with van der Waals surface area (Å²) in [5, 5.41) is 6.08. The lowest BCUT2D eigenvalue weighted by molar-refractivity contribution is -0.143. The molecule has 0 bridgehead atoms. The minimum Gasteiger partial charge on any atom is -0.353 e. The third-order valence-corrected chi connectivity index (χ3v) is 4.29. The molecule has 8 heteroatoms. The molecule has 0 atom stereocenters. The lowest BCUT2D eigenvalue weighted by Gasteiger charge is -2.17. The van der Waals surface area contributed by atoms with Crippen LogP contribution in [0.5, 0.6) is 0 Å². The normalized spacial score (nSPS) is 20.1. The van der Waals surface area contributed by atoms with Crippen molar-refractivity contribution < 1.29 is 19.2 Å². The highest BCUT2D eigenvalue weighted by molar-refractivity contribution is 6.44. The molecule has 1 saturated carbocycles. The van der Waals surface area contributed by atoms with Gasteiger partial charge in [0.05, 0.1) is 0 Å². The van der Waals surface area contributed by atoms with Gasteiger partial charge in [-0.05, 0) is 12.8 Å². The predicted molar refractivity (Wildman–Crippen MR) is 82.4 cm³/mol. The molecular weight excluding hydrogens is 300 g/mol. The zero-order chi connectivity index (χ0) is 16.8. The molecule has 0 radical (unpaired) electrons. The van der Waals surface area contributed by atoms with Crippen LogP contribution in [0, 0.1) is 0 Å². The molecule has 0 unspecified atom stereocenters. The van der Waals surface area contributed by atoms with Gasteiger partial charge in [-0.15, -0.1) is 0 Å². The number of carbonyl (C=O) groups excluding carboxylic acids is 4. The Morgan fingerprint density at radius 3 is 2.26 bits per heavy atom. The molecule has 0 aromatic carbocycles. The van der Waals surface area contributed by atoms with Crippen molar-refractivity contribution in [3.63, 3.8) is 0 Å². The third-order valence-electron chi connectivity index (χ3n) is 4.29. The first-order valence-electron chi connectivity index (χ1n) is 8.14. The van der Waals surface area contributed by atoms with Crippen LogP contribution in [0.25, 0.3) is 0 Å². The molecule has 1 aliphatic carbocycles. The highest BCUT2D eigenvalue weighted by Gasteiger charge is 2.42. The monoisotopic (exact) mass is 324 g/mol. The van der Waals surface area contributed by atoms with Crippen LogP contribution in [0.15, 0.2) is 0 Å². The first kappa shape index (κ1) is 17.4. The van der Waals surface area contributed by atoms with Crippen LogP contribution < -0.4 is 10.6 Å². The second-order valence-electron chi connectivity index (χ2n) is 6.03. The van der Waals surface area contributed by atoms with E-state index in [1.165, 1.54) is 45.6 Å². The van der Waals surface area contributed by atoms with Crippen LogP contribution in [0.2, 0.25) is 0 Å². The molecule has 128 valence electrons. The van der Waals surface area contributed by atoms with E-state index >= 15 is 0 Å². The quantitative estimate of drug-likeness (QED) is 0.306. The number of hydrogen-bond acceptors (Lipinski definition) is 5. The number of urea groups is 1. The van der Waals surface area contributed by atoms with Crippen molar-refractivity contribution in [1.29, 1.82) is 0 Å². The van der Waals surface area contributed by atoms with Gasteiger partial charge in [-0.25, -0.2) is 9.69 Å². The number of rotatable bonds is 6. The molecule has 0 aromatic heterocycles. The Morgan fingerprint density at radius 1 is 1.04 bits per heavy atom. The molecule has 2 rings (SSSR count). The number of amides is 5. The Bertz CT molecular complexity index is 486. The molecule has 0 aromatic rings. The average molecular weight is 324 g/mol. The second kappa shape index (κ2) is 8.05. The summed E-state index contributed by atoms with van der Waals surface area (Å²) in [5.41, 5.74) is 0. The summed E-state index contributed by atoms with van der Waals surface area (Å²) in [6, 6.07) is -0.255. The summed E-state index contributed by atoms with van der Waals surface area (Å²) in [6.07, 6.45) is 7.40. The van der Waals surface area contributed by atoms with Crippen LogP contribution in [0.4, 0.5) is 4.79 Å². The van der Waals surface area contributed by atoms with Crippen molar-refractivity contribution in [3.8, 4) is 0 Å². The summed E-state index contributed by atoms with van der Waals surface area (Å²) in [6.45, 7) is 0.656. The lowest BCUT2D eigenvalue weighted by Crippen LogP contribution is -2.43. The number of imide groups is 2. The number of carbonyl (C=O) groups is 4. The molecule has 23 heavy (non-hydrogen) atoms. The maximum atomic E-state index is 11.8. The van der Waals surface area contributed by atoms with Gasteiger partial charge in [0.1, 0.15) is 6.54 Å². The van der Waals surface area contributed by atoms with Crippen molar-refractivity contribution >= 4 is 23.8 Å². The van der Waals surface area contributed by atoms with E-state index in [1.807, 2.05) is 0 Å². The van der Waals surface area contributed by atoms with E-state index in [2.05, 4.69) is 10.6 Å². The predicted octanol–water partition coefficient (Wildman–Crippen LogP) is -0.164. The smallest absolute Gasteiger partial charge is 0.334 e. The Kier molecular flexibility index (Phi) is 6.09. The molecule has 5 amide bonds. The van der Waals surface area contributed by atoms with Crippen molar-refractivity contribution in [2.45, 2.75) is 44.6 Å². The van der Waals surface area contributed by atoms with Crippen molar-refractivity contribution in [1.82, 2.24) is 20.4 Å². The van der Waals surface area contributed by atoms with Gasteiger partial charge in [0.2, 0.25) is 5.91 Å². The van der Waals surface area contributed by atoms with Crippen LogP contribution in [0.1, 0.15) is 38.5 Å². The van der Waals surface area contributed by atoms with Gasteiger partial charge in [-0.2, -0.15) is 0 Å². The van der Waals surface area contributed by atoms with Crippen molar-refractivity contribution in [2.24, 2.45) is 0 Å². The number of hydrogen-bond donors (Lipinski definition) is 2. The van der Waals surface area contributed by atoms with E-state index in [0.717, 1.165) is 0 Å². The van der Waals surface area contributed by atoms with E-state index in [0.29, 0.717) is 28.9 Å². The van der Waals surface area contributed by atoms with Gasteiger partial charge < -0.3 is 10.6 Å². The standard InChI is InChI=1S/C15H24N4O4/c1-18-13(21)14(22)19(15(18)23)10-12(20)17-9-8-16-11-6-4-2-3-5-7-11/h11,16H,2-10H2,1H3,(H,17,20). The highest BCUT2D eigenvalue weighted by Crippen LogP contribution is 2.16. The molecule has 1 saturated heterocycles. The Hall–Kier alpha value is -1.96. The Labute approximate surface area is 135 Å². The SMILES string of the molecule is CN1C(=O)C(=O)N(CC(=O)NCCNC2CCCCCC2)C1=O. The van der Waals surface area contributed by atoms with Crippen LogP contribution in [0.3, 0.4) is 0 Å². The maximum Gasteiger partial charge on any atom is 0.334 e. The van der Waals surface area contributed by atoms with E-state index in [1.54, 1.807) is 0 Å². The molecule has 2 N–H and O–H groups in total. The first-order chi connectivity index (χ1) is 11.0.